The van der Waals surface area contributed by atoms with E-state index in [1.807, 2.05) is 29.9 Å². The first-order valence-electron chi connectivity index (χ1n) is 7.01. The monoisotopic (exact) mass is 344 g/mol. The van der Waals surface area contributed by atoms with Gasteiger partial charge in [0.2, 0.25) is 0 Å². The van der Waals surface area contributed by atoms with E-state index in [0.717, 1.165) is 33.4 Å². The van der Waals surface area contributed by atoms with E-state index >= 15 is 0 Å². The van der Waals surface area contributed by atoms with Gasteiger partial charge in [0.05, 0.1) is 15.9 Å². The molecule has 0 amide bonds. The lowest BCUT2D eigenvalue weighted by Gasteiger charge is -2.10. The Labute approximate surface area is 132 Å². The average Bonchev–Trinajstić information content (AvgIpc) is 2.87. The lowest BCUT2D eigenvalue weighted by molar-refractivity contribution is 0.293. The largest absolute Gasteiger partial charge is 0.486 e. The molecule has 1 aromatic heterocycles. The van der Waals surface area contributed by atoms with E-state index < -0.39 is 0 Å². The molecule has 0 bridgehead atoms. The lowest BCUT2D eigenvalue weighted by Crippen LogP contribution is -2.03. The summed E-state index contributed by atoms with van der Waals surface area (Å²) in [5, 5.41) is 6.80. The second-order valence-corrected chi connectivity index (χ2v) is 5.78. The highest BCUT2D eigenvalue weighted by atomic mass is 79.9. The Morgan fingerprint density at radius 1 is 1.19 bits per heavy atom. The van der Waals surface area contributed by atoms with Gasteiger partial charge in [-0.3, -0.25) is 4.68 Å². The van der Waals surface area contributed by atoms with Crippen LogP contribution >= 0.6 is 15.9 Å². The maximum atomic E-state index is 5.96. The Morgan fingerprint density at radius 2 is 2.00 bits per heavy atom. The third kappa shape index (κ3) is 2.81. The summed E-state index contributed by atoms with van der Waals surface area (Å²) in [6.07, 6.45) is 0.938. The first-order valence-corrected chi connectivity index (χ1v) is 7.80. The molecule has 0 fully saturated rings. The fourth-order valence-corrected chi connectivity index (χ4v) is 2.96. The van der Waals surface area contributed by atoms with E-state index in [4.69, 9.17) is 4.74 Å². The van der Waals surface area contributed by atoms with Crippen molar-refractivity contribution in [2.24, 2.45) is 7.05 Å². The van der Waals surface area contributed by atoms with Gasteiger partial charge in [-0.05, 0) is 45.3 Å². The quantitative estimate of drug-likeness (QED) is 0.697. The summed E-state index contributed by atoms with van der Waals surface area (Å²) in [6.45, 7) is 2.62. The van der Waals surface area contributed by atoms with Crippen LogP contribution in [0.25, 0.3) is 10.8 Å². The Hall–Kier alpha value is -1.81. The van der Waals surface area contributed by atoms with E-state index in [1.54, 1.807) is 0 Å². The molecule has 3 aromatic rings. The van der Waals surface area contributed by atoms with Crippen molar-refractivity contribution in [1.29, 1.82) is 0 Å². The normalized spacial score (nSPS) is 11.0. The Bertz CT molecular complexity index is 780. The van der Waals surface area contributed by atoms with Gasteiger partial charge < -0.3 is 4.74 Å². The molecule has 0 N–H and O–H groups in total. The topological polar surface area (TPSA) is 27.1 Å². The molecule has 3 rings (SSSR count). The van der Waals surface area contributed by atoms with Crippen LogP contribution < -0.4 is 4.74 Å². The lowest BCUT2D eigenvalue weighted by atomic mass is 10.1. The molecule has 21 heavy (non-hydrogen) atoms. The molecule has 0 radical (unpaired) electrons. The molecular weight excluding hydrogens is 328 g/mol. The zero-order chi connectivity index (χ0) is 14.8. The Kier molecular flexibility index (Phi) is 3.97. The van der Waals surface area contributed by atoms with Crippen molar-refractivity contribution < 1.29 is 4.74 Å². The van der Waals surface area contributed by atoms with Crippen LogP contribution in [-0.4, -0.2) is 9.78 Å². The number of aryl methyl sites for hydroxylation is 2. The number of ether oxygens (including phenoxy) is 1. The molecule has 0 aliphatic carbocycles. The number of halogens is 1. The first-order chi connectivity index (χ1) is 10.2. The van der Waals surface area contributed by atoms with E-state index in [9.17, 15) is 0 Å². The molecule has 3 nitrogen and oxygen atoms in total. The third-order valence-corrected chi connectivity index (χ3v) is 4.41. The number of hydrogen-bond donors (Lipinski definition) is 0. The van der Waals surface area contributed by atoms with Crippen LogP contribution in [0, 0.1) is 0 Å². The molecule has 0 spiro atoms. The van der Waals surface area contributed by atoms with Gasteiger partial charge in [-0.15, -0.1) is 0 Å². The standard InChI is InChI=1S/C17H17BrN2O/c1-3-13-10-14(20(2)19-13)11-21-16-9-8-12-6-4-5-7-15(12)17(16)18/h4-10H,3,11H2,1-2H3. The van der Waals surface area contributed by atoms with E-state index in [2.05, 4.69) is 52.2 Å². The van der Waals surface area contributed by atoms with Crippen molar-refractivity contribution in [3.63, 3.8) is 0 Å². The van der Waals surface area contributed by atoms with E-state index in [0.29, 0.717) is 6.61 Å². The number of nitrogens with zero attached hydrogens (tertiary/aromatic N) is 2. The molecule has 0 saturated carbocycles. The number of rotatable bonds is 4. The zero-order valence-corrected chi connectivity index (χ0v) is 13.7. The van der Waals surface area contributed by atoms with Crippen LogP contribution in [0.2, 0.25) is 0 Å². The molecule has 0 saturated heterocycles. The molecular formula is C17H17BrN2O. The highest BCUT2D eigenvalue weighted by Gasteiger charge is 2.08. The van der Waals surface area contributed by atoms with Crippen LogP contribution in [-0.2, 0) is 20.1 Å². The van der Waals surface area contributed by atoms with Gasteiger partial charge in [0, 0.05) is 7.05 Å². The minimum absolute atomic E-state index is 0.514. The van der Waals surface area contributed by atoms with Gasteiger partial charge in [0.25, 0.3) is 0 Å². The predicted molar refractivity (Wildman–Crippen MR) is 88.6 cm³/mol. The maximum absolute atomic E-state index is 5.96. The summed E-state index contributed by atoms with van der Waals surface area (Å²) < 4.78 is 8.84. The summed E-state index contributed by atoms with van der Waals surface area (Å²) in [7, 11) is 1.95. The minimum atomic E-state index is 0.514. The molecule has 0 aliphatic rings. The second-order valence-electron chi connectivity index (χ2n) is 4.99. The van der Waals surface area contributed by atoms with E-state index in [1.165, 1.54) is 5.39 Å². The molecule has 2 aromatic carbocycles. The molecule has 0 aliphatic heterocycles. The van der Waals surface area contributed by atoms with Gasteiger partial charge >= 0.3 is 0 Å². The second kappa shape index (κ2) is 5.90. The first kappa shape index (κ1) is 14.1. The molecule has 0 unspecified atom stereocenters. The van der Waals surface area contributed by atoms with Crippen molar-refractivity contribution in [3.8, 4) is 5.75 Å². The summed E-state index contributed by atoms with van der Waals surface area (Å²) in [5.74, 6) is 0.855. The Morgan fingerprint density at radius 3 is 2.76 bits per heavy atom. The van der Waals surface area contributed by atoms with Crippen molar-refractivity contribution in [3.05, 3.63) is 58.3 Å². The third-order valence-electron chi connectivity index (χ3n) is 3.59. The number of benzene rings is 2. The minimum Gasteiger partial charge on any atom is -0.486 e. The summed E-state index contributed by atoms with van der Waals surface area (Å²) in [6, 6.07) is 14.4. The van der Waals surface area contributed by atoms with Crippen LogP contribution in [0.3, 0.4) is 0 Å². The fourth-order valence-electron chi connectivity index (χ4n) is 2.36. The molecule has 1 heterocycles. The van der Waals surface area contributed by atoms with Crippen LogP contribution in [0.15, 0.2) is 46.9 Å². The van der Waals surface area contributed by atoms with Gasteiger partial charge in [0.1, 0.15) is 12.4 Å². The van der Waals surface area contributed by atoms with Crippen molar-refractivity contribution in [2.45, 2.75) is 20.0 Å². The zero-order valence-electron chi connectivity index (χ0n) is 12.1. The predicted octanol–water partition coefficient (Wildman–Crippen LogP) is 4.48. The van der Waals surface area contributed by atoms with Crippen LogP contribution in [0.4, 0.5) is 0 Å². The highest BCUT2D eigenvalue weighted by molar-refractivity contribution is 9.10. The van der Waals surface area contributed by atoms with Crippen molar-refractivity contribution in [1.82, 2.24) is 9.78 Å². The van der Waals surface area contributed by atoms with Crippen molar-refractivity contribution >= 4 is 26.7 Å². The van der Waals surface area contributed by atoms with Crippen LogP contribution in [0.1, 0.15) is 18.3 Å². The average molecular weight is 345 g/mol. The Balaban J connectivity index is 1.85. The van der Waals surface area contributed by atoms with Gasteiger partial charge in [-0.25, -0.2) is 0 Å². The summed E-state index contributed by atoms with van der Waals surface area (Å²) in [5.41, 5.74) is 2.17. The molecule has 4 heteroatoms. The SMILES string of the molecule is CCc1cc(COc2ccc3ccccc3c2Br)n(C)n1. The van der Waals surface area contributed by atoms with Gasteiger partial charge in [-0.1, -0.05) is 37.3 Å². The molecule has 108 valence electrons. The number of hydrogen-bond acceptors (Lipinski definition) is 2. The van der Waals surface area contributed by atoms with Crippen LogP contribution in [0.5, 0.6) is 5.75 Å². The van der Waals surface area contributed by atoms with Gasteiger partial charge in [0.15, 0.2) is 0 Å². The number of fused-ring (bicyclic) bond motifs is 1. The summed E-state index contributed by atoms with van der Waals surface area (Å²) >= 11 is 3.65. The number of aromatic nitrogens is 2. The fraction of sp³-hybridized carbons (Fsp3) is 0.235. The van der Waals surface area contributed by atoms with E-state index in [-0.39, 0.29) is 0 Å². The van der Waals surface area contributed by atoms with Gasteiger partial charge in [-0.2, -0.15) is 5.10 Å². The highest BCUT2D eigenvalue weighted by Crippen LogP contribution is 2.33. The smallest absolute Gasteiger partial charge is 0.134 e. The van der Waals surface area contributed by atoms with Crippen molar-refractivity contribution in [2.75, 3.05) is 0 Å². The maximum Gasteiger partial charge on any atom is 0.134 e. The molecule has 0 atom stereocenters. The summed E-state index contributed by atoms with van der Waals surface area (Å²) in [4.78, 5) is 0.